The Morgan fingerprint density at radius 3 is 2.45 bits per heavy atom. The van der Waals surface area contributed by atoms with Crippen molar-refractivity contribution in [2.24, 2.45) is 0 Å². The van der Waals surface area contributed by atoms with E-state index < -0.39 is 23.6 Å². The molecule has 1 saturated heterocycles. The maximum atomic E-state index is 12.8. The first kappa shape index (κ1) is 22.0. The number of carboxylic acids is 1. The van der Waals surface area contributed by atoms with Gasteiger partial charge in [0.1, 0.15) is 5.82 Å². The number of carboxylic acid groups (broad SMARTS) is 1. The maximum Gasteiger partial charge on any atom is 0.417 e. The molecule has 0 bridgehead atoms. The summed E-state index contributed by atoms with van der Waals surface area (Å²) in [6.45, 7) is 5.48. The first-order valence-corrected chi connectivity index (χ1v) is 11.0. The van der Waals surface area contributed by atoms with Crippen LogP contribution in [0, 0.1) is 0 Å². The Morgan fingerprint density at radius 1 is 1.16 bits per heavy atom. The molecule has 3 atom stereocenters. The predicted octanol–water partition coefficient (Wildman–Crippen LogP) is 4.82. The van der Waals surface area contributed by atoms with E-state index in [1.54, 1.807) is 11.9 Å². The van der Waals surface area contributed by atoms with Gasteiger partial charge in [0, 0.05) is 36.3 Å². The molecule has 1 aliphatic carbocycles. The first-order valence-electron chi connectivity index (χ1n) is 10.2. The Balaban J connectivity index is 1.45. The number of nitrogens with zero attached hydrogens (tertiary/aromatic N) is 3. The molecule has 1 aliphatic heterocycles. The number of piperazine rings is 1. The van der Waals surface area contributed by atoms with Crippen LogP contribution in [0.3, 0.4) is 0 Å². The number of pyridine rings is 1. The minimum absolute atomic E-state index is 0.0571. The van der Waals surface area contributed by atoms with E-state index in [-0.39, 0.29) is 12.1 Å². The normalized spacial score (nSPS) is 24.3. The Kier molecular flexibility index (Phi) is 5.91. The van der Waals surface area contributed by atoms with Crippen LogP contribution in [0.15, 0.2) is 41.4 Å². The smallest absolute Gasteiger partial charge is 0.417 e. The SMILES string of the molecule is CC1CN(Sc2ccc3c(c2)C(C(=O)O)CC3)CC(C)N1c1ccc(C(F)(F)F)cn1. The average molecular weight is 452 g/mol. The average Bonchev–Trinajstić information content (AvgIpc) is 3.11. The largest absolute Gasteiger partial charge is 0.481 e. The molecule has 4 rings (SSSR count). The lowest BCUT2D eigenvalue weighted by atomic mass is 10.0. The van der Waals surface area contributed by atoms with Crippen LogP contribution in [0.2, 0.25) is 0 Å². The summed E-state index contributed by atoms with van der Waals surface area (Å²) in [5.74, 6) is -0.670. The van der Waals surface area contributed by atoms with E-state index in [9.17, 15) is 23.1 Å². The minimum atomic E-state index is -4.40. The van der Waals surface area contributed by atoms with Gasteiger partial charge in [-0.2, -0.15) is 13.2 Å². The van der Waals surface area contributed by atoms with Crippen LogP contribution in [0.25, 0.3) is 0 Å². The Labute approximate surface area is 183 Å². The molecule has 5 nitrogen and oxygen atoms in total. The van der Waals surface area contributed by atoms with E-state index >= 15 is 0 Å². The van der Waals surface area contributed by atoms with Crippen LogP contribution in [0.1, 0.15) is 42.9 Å². The molecule has 1 aromatic carbocycles. The van der Waals surface area contributed by atoms with Crippen molar-refractivity contribution in [2.45, 2.75) is 55.8 Å². The monoisotopic (exact) mass is 451 g/mol. The van der Waals surface area contributed by atoms with Crippen LogP contribution in [0.5, 0.6) is 0 Å². The summed E-state index contributed by atoms with van der Waals surface area (Å²) >= 11 is 1.60. The first-order chi connectivity index (χ1) is 14.6. The number of carbonyl (C=O) groups is 1. The Bertz CT molecular complexity index is 955. The number of aliphatic carboxylic acids is 1. The number of anilines is 1. The second-order valence-electron chi connectivity index (χ2n) is 8.24. The molecule has 2 aromatic rings. The fraction of sp³-hybridized carbons (Fsp3) is 0.455. The van der Waals surface area contributed by atoms with E-state index in [2.05, 4.69) is 14.2 Å². The van der Waals surface area contributed by atoms with Gasteiger partial charge in [-0.25, -0.2) is 9.29 Å². The molecular formula is C22H24F3N3O2S. The molecule has 2 aliphatic rings. The van der Waals surface area contributed by atoms with Crippen molar-refractivity contribution in [2.75, 3.05) is 18.0 Å². The lowest BCUT2D eigenvalue weighted by molar-refractivity contribution is -0.139. The molecule has 1 N–H and O–H groups in total. The van der Waals surface area contributed by atoms with Gasteiger partial charge >= 0.3 is 12.1 Å². The van der Waals surface area contributed by atoms with Gasteiger partial charge < -0.3 is 10.0 Å². The second-order valence-corrected chi connectivity index (χ2v) is 9.41. The summed E-state index contributed by atoms with van der Waals surface area (Å²) in [7, 11) is 0. The molecular weight excluding hydrogens is 427 g/mol. The number of aryl methyl sites for hydroxylation is 1. The second kappa shape index (κ2) is 8.35. The third-order valence-electron chi connectivity index (χ3n) is 5.95. The van der Waals surface area contributed by atoms with Gasteiger partial charge in [-0.1, -0.05) is 6.07 Å². The molecule has 166 valence electrons. The highest BCUT2D eigenvalue weighted by Gasteiger charge is 2.34. The van der Waals surface area contributed by atoms with Gasteiger partial charge in [0.15, 0.2) is 0 Å². The lowest BCUT2D eigenvalue weighted by Crippen LogP contribution is -2.55. The van der Waals surface area contributed by atoms with Crippen molar-refractivity contribution >= 4 is 23.7 Å². The number of alkyl halides is 3. The number of hydrogen-bond acceptors (Lipinski definition) is 5. The zero-order valence-corrected chi connectivity index (χ0v) is 18.1. The molecule has 9 heteroatoms. The Hall–Kier alpha value is -2.26. The van der Waals surface area contributed by atoms with E-state index in [1.807, 2.05) is 32.0 Å². The molecule has 0 radical (unpaired) electrons. The molecule has 0 spiro atoms. The molecule has 1 aromatic heterocycles. The summed E-state index contributed by atoms with van der Waals surface area (Å²) in [6, 6.07) is 8.67. The third kappa shape index (κ3) is 4.52. The van der Waals surface area contributed by atoms with Crippen molar-refractivity contribution in [3.8, 4) is 0 Å². The highest BCUT2D eigenvalue weighted by molar-refractivity contribution is 7.97. The van der Waals surface area contributed by atoms with Gasteiger partial charge in [-0.05, 0) is 74.0 Å². The standard InChI is InChI=1S/C22H24F3N3O2S/c1-13-11-27(31-17-6-3-15-4-7-18(21(29)30)19(15)9-17)12-14(2)28(13)20-8-5-16(10-26-20)22(23,24)25/h3,5-6,8-10,13-14,18H,4,7,11-12H2,1-2H3,(H,29,30). The van der Waals surface area contributed by atoms with E-state index in [4.69, 9.17) is 0 Å². The lowest BCUT2D eigenvalue weighted by Gasteiger charge is -2.44. The van der Waals surface area contributed by atoms with Crippen LogP contribution < -0.4 is 4.90 Å². The number of fused-ring (bicyclic) bond motifs is 1. The van der Waals surface area contributed by atoms with Crippen LogP contribution in [-0.4, -0.2) is 45.5 Å². The molecule has 31 heavy (non-hydrogen) atoms. The summed E-state index contributed by atoms with van der Waals surface area (Å²) in [4.78, 5) is 18.6. The topological polar surface area (TPSA) is 56.7 Å². The molecule has 3 unspecified atom stereocenters. The van der Waals surface area contributed by atoms with Gasteiger partial charge in [0.2, 0.25) is 0 Å². The fourth-order valence-electron chi connectivity index (χ4n) is 4.55. The highest BCUT2D eigenvalue weighted by Crippen LogP contribution is 2.38. The zero-order chi connectivity index (χ0) is 22.3. The molecule has 0 saturated carbocycles. The number of rotatable bonds is 4. The number of halogens is 3. The van der Waals surface area contributed by atoms with Gasteiger partial charge in [-0.15, -0.1) is 0 Å². The summed E-state index contributed by atoms with van der Waals surface area (Å²) < 4.78 is 40.7. The molecule has 0 amide bonds. The molecule has 2 heterocycles. The van der Waals surface area contributed by atoms with E-state index in [1.165, 1.54) is 6.07 Å². The summed E-state index contributed by atoms with van der Waals surface area (Å²) in [5.41, 5.74) is 1.27. The van der Waals surface area contributed by atoms with Crippen molar-refractivity contribution in [1.29, 1.82) is 0 Å². The predicted molar refractivity (Wildman–Crippen MR) is 113 cm³/mol. The van der Waals surface area contributed by atoms with E-state index in [0.717, 1.165) is 34.7 Å². The van der Waals surface area contributed by atoms with Gasteiger partial charge in [0.05, 0.1) is 11.5 Å². The molecule has 1 fully saturated rings. The minimum Gasteiger partial charge on any atom is -0.481 e. The maximum absolute atomic E-state index is 12.8. The van der Waals surface area contributed by atoms with Crippen LogP contribution >= 0.6 is 11.9 Å². The number of aromatic nitrogens is 1. The fourth-order valence-corrected chi connectivity index (χ4v) is 5.74. The third-order valence-corrected chi connectivity index (χ3v) is 6.97. The van der Waals surface area contributed by atoms with Crippen molar-refractivity contribution in [3.05, 3.63) is 53.2 Å². The van der Waals surface area contributed by atoms with Crippen molar-refractivity contribution in [1.82, 2.24) is 9.29 Å². The van der Waals surface area contributed by atoms with Crippen LogP contribution in [-0.2, 0) is 17.4 Å². The van der Waals surface area contributed by atoms with Crippen LogP contribution in [0.4, 0.5) is 19.0 Å². The summed E-state index contributed by atoms with van der Waals surface area (Å²) in [5, 5.41) is 9.45. The number of benzene rings is 1. The highest BCUT2D eigenvalue weighted by atomic mass is 32.2. The van der Waals surface area contributed by atoms with Crippen molar-refractivity contribution < 1.29 is 23.1 Å². The van der Waals surface area contributed by atoms with Gasteiger partial charge in [0.25, 0.3) is 0 Å². The Morgan fingerprint density at radius 2 is 1.87 bits per heavy atom. The quantitative estimate of drug-likeness (QED) is 0.673. The number of hydrogen-bond donors (Lipinski definition) is 1. The van der Waals surface area contributed by atoms with E-state index in [0.29, 0.717) is 25.3 Å². The summed E-state index contributed by atoms with van der Waals surface area (Å²) in [6.07, 6.45) is -2.07. The van der Waals surface area contributed by atoms with Crippen molar-refractivity contribution in [3.63, 3.8) is 0 Å². The zero-order valence-electron chi connectivity index (χ0n) is 17.3. The van der Waals surface area contributed by atoms with Gasteiger partial charge in [-0.3, -0.25) is 4.79 Å².